The molecule has 1 aliphatic rings. The van der Waals surface area contributed by atoms with E-state index in [1.54, 1.807) is 19.1 Å². The van der Waals surface area contributed by atoms with Gasteiger partial charge in [0.2, 0.25) is 0 Å². The molecular formula is C15H21ClNO3Pb. The van der Waals surface area contributed by atoms with Crippen molar-refractivity contribution in [2.45, 2.75) is 38.2 Å². The van der Waals surface area contributed by atoms with Crippen molar-refractivity contribution < 1.29 is 14.3 Å². The first kappa shape index (κ1) is 18.7. The van der Waals surface area contributed by atoms with Gasteiger partial charge >= 0.3 is 41.6 Å². The number of benzene rings is 1. The van der Waals surface area contributed by atoms with Gasteiger partial charge < -0.3 is 9.47 Å². The second-order valence-corrected chi connectivity index (χ2v) is 6.40. The predicted molar refractivity (Wildman–Crippen MR) is 85.0 cm³/mol. The Morgan fingerprint density at radius 1 is 1.48 bits per heavy atom. The van der Waals surface area contributed by atoms with E-state index in [9.17, 15) is 4.79 Å². The summed E-state index contributed by atoms with van der Waals surface area (Å²) in [6, 6.07) is 5.36. The summed E-state index contributed by atoms with van der Waals surface area (Å²) in [4.78, 5) is 11.7. The van der Waals surface area contributed by atoms with Crippen molar-refractivity contribution in [3.05, 3.63) is 29.3 Å². The molecule has 115 valence electrons. The van der Waals surface area contributed by atoms with E-state index in [2.05, 4.69) is 0 Å². The summed E-state index contributed by atoms with van der Waals surface area (Å²) in [6.45, 7) is 2.15. The first-order valence-corrected chi connectivity index (χ1v) is 10.3. The summed E-state index contributed by atoms with van der Waals surface area (Å²) in [5.74, 6) is 0.725. The Bertz CT molecular complexity index is 453. The molecule has 2 rings (SSSR count). The fourth-order valence-corrected chi connectivity index (χ4v) is 2.06. The zero-order chi connectivity index (χ0) is 15.7. The van der Waals surface area contributed by atoms with Crippen LogP contribution in [-0.4, -0.2) is 48.6 Å². The van der Waals surface area contributed by atoms with Crippen LogP contribution >= 0.6 is 11.6 Å². The summed E-state index contributed by atoms with van der Waals surface area (Å²) in [5.41, 5.74) is 6.19. The number of hydrogen-bond donors (Lipinski definition) is 1. The topological polar surface area (TPSA) is 61.5 Å². The molecule has 21 heavy (non-hydrogen) atoms. The van der Waals surface area contributed by atoms with E-state index in [-0.39, 0.29) is 11.8 Å². The summed E-state index contributed by atoms with van der Waals surface area (Å²) in [6.07, 6.45) is 3.77. The number of esters is 1. The van der Waals surface area contributed by atoms with Crippen molar-refractivity contribution >= 4 is 43.3 Å². The fourth-order valence-electron chi connectivity index (χ4n) is 1.84. The van der Waals surface area contributed by atoms with E-state index < -0.39 is 0 Å². The third-order valence-electron chi connectivity index (χ3n) is 3.07. The van der Waals surface area contributed by atoms with Gasteiger partial charge in [-0.1, -0.05) is 0 Å². The van der Waals surface area contributed by atoms with Crippen molar-refractivity contribution in [1.82, 2.24) is 0 Å². The van der Waals surface area contributed by atoms with Crippen LogP contribution in [0.5, 0.6) is 5.75 Å². The Hall–Kier alpha value is -0.338. The molecule has 0 spiro atoms. The molecule has 0 heterocycles. The third-order valence-corrected chi connectivity index (χ3v) is 3.36. The molecule has 0 saturated heterocycles. The maximum absolute atomic E-state index is 11.7. The molecule has 1 fully saturated rings. The molecule has 6 heteroatoms. The SMILES string of the molecule is CCOC(=O)c1ccc(OC2CCC2)cc1CCl.N[CH2][Pb]. The molecule has 1 aromatic carbocycles. The van der Waals surface area contributed by atoms with Crippen LogP contribution in [0.15, 0.2) is 18.2 Å². The number of carbonyl (C=O) groups excluding carboxylic acids is 1. The number of halogens is 1. The zero-order valence-electron chi connectivity index (χ0n) is 12.2. The van der Waals surface area contributed by atoms with Crippen LogP contribution in [-0.2, 0) is 10.6 Å². The molecule has 0 aromatic heterocycles. The van der Waals surface area contributed by atoms with Crippen LogP contribution in [0.3, 0.4) is 0 Å². The monoisotopic (exact) mass is 506 g/mol. The minimum atomic E-state index is -0.330. The van der Waals surface area contributed by atoms with Gasteiger partial charge in [-0.05, 0) is 49.9 Å². The maximum atomic E-state index is 11.7. The van der Waals surface area contributed by atoms with E-state index in [4.69, 9.17) is 26.8 Å². The Kier molecular flexibility index (Phi) is 9.26. The average molecular weight is 506 g/mol. The molecule has 1 saturated carbocycles. The molecule has 1 aromatic rings. The number of carbonyl (C=O) groups is 1. The van der Waals surface area contributed by atoms with Crippen molar-refractivity contribution in [2.24, 2.45) is 5.73 Å². The zero-order valence-corrected chi connectivity index (χ0v) is 16.9. The second-order valence-electron chi connectivity index (χ2n) is 4.55. The molecule has 4 nitrogen and oxygen atoms in total. The summed E-state index contributed by atoms with van der Waals surface area (Å²) < 4.78 is 11.7. The number of alkyl halides is 1. The van der Waals surface area contributed by atoms with Crippen LogP contribution in [0, 0.1) is 0 Å². The molecule has 2 N–H and O–H groups in total. The van der Waals surface area contributed by atoms with E-state index in [0.717, 1.165) is 54.0 Å². The van der Waals surface area contributed by atoms with E-state index in [1.165, 1.54) is 6.42 Å². The molecule has 0 aliphatic heterocycles. The van der Waals surface area contributed by atoms with Crippen LogP contribution in [0.1, 0.15) is 42.1 Å². The summed E-state index contributed by atoms with van der Waals surface area (Å²) in [7, 11) is 0. The predicted octanol–water partition coefficient (Wildman–Crippen LogP) is 2.60. The third kappa shape index (κ3) is 6.12. The van der Waals surface area contributed by atoms with Crippen LogP contribution in [0.25, 0.3) is 0 Å². The van der Waals surface area contributed by atoms with Crippen molar-refractivity contribution in [2.75, 3.05) is 10.7 Å². The molecule has 0 atom stereocenters. The minimum absolute atomic E-state index is 0.274. The van der Waals surface area contributed by atoms with Gasteiger partial charge in [0.25, 0.3) is 0 Å². The van der Waals surface area contributed by atoms with E-state index >= 15 is 0 Å². The van der Waals surface area contributed by atoms with E-state index in [0.29, 0.717) is 18.3 Å². The van der Waals surface area contributed by atoms with Gasteiger partial charge in [-0.2, -0.15) is 0 Å². The van der Waals surface area contributed by atoms with Gasteiger partial charge in [0.05, 0.1) is 18.3 Å². The number of hydrogen-bond acceptors (Lipinski definition) is 4. The summed E-state index contributed by atoms with van der Waals surface area (Å²) >= 11 is 7.02. The van der Waals surface area contributed by atoms with Gasteiger partial charge in [-0.3, -0.25) is 0 Å². The number of rotatable bonds is 5. The summed E-state index contributed by atoms with van der Waals surface area (Å²) in [5, 5.41) is 0. The van der Waals surface area contributed by atoms with Gasteiger partial charge in [0.15, 0.2) is 0 Å². The fraction of sp³-hybridized carbons (Fsp3) is 0.533. The van der Waals surface area contributed by atoms with Gasteiger partial charge in [0, 0.05) is 5.88 Å². The van der Waals surface area contributed by atoms with Crippen molar-refractivity contribution in [3.8, 4) is 5.75 Å². The van der Waals surface area contributed by atoms with E-state index in [1.807, 2.05) is 6.07 Å². The van der Waals surface area contributed by atoms with Gasteiger partial charge in [-0.15, -0.1) is 11.6 Å². The molecule has 0 amide bonds. The Labute approximate surface area is 147 Å². The number of nitrogens with two attached hydrogens (primary N) is 1. The molecule has 3 radical (unpaired) electrons. The Morgan fingerprint density at radius 2 is 2.14 bits per heavy atom. The van der Waals surface area contributed by atoms with Crippen molar-refractivity contribution in [1.29, 1.82) is 0 Å². The molecule has 0 unspecified atom stereocenters. The number of ether oxygens (including phenoxy) is 2. The second kappa shape index (κ2) is 10.4. The average Bonchev–Trinajstić information content (AvgIpc) is 2.43. The quantitative estimate of drug-likeness (QED) is 0.380. The Morgan fingerprint density at radius 3 is 2.62 bits per heavy atom. The van der Waals surface area contributed by atoms with Crippen LogP contribution < -0.4 is 10.5 Å². The normalized spacial score (nSPS) is 13.7. The standard InChI is InChI=1S/C14H17ClO3.CH4N.Pb/c1-2-17-14(16)13-7-6-12(8-10(13)9-15)18-11-4-3-5-11;1-2;/h6-8,11H,2-5,9H2,1H3;1-2H2;. The molecule has 1 aliphatic carbocycles. The van der Waals surface area contributed by atoms with Crippen LogP contribution in [0.2, 0.25) is 0 Å². The van der Waals surface area contributed by atoms with Gasteiger partial charge in [-0.25, -0.2) is 4.79 Å². The van der Waals surface area contributed by atoms with Gasteiger partial charge in [0.1, 0.15) is 5.75 Å². The van der Waals surface area contributed by atoms with Crippen LogP contribution in [0.4, 0.5) is 0 Å². The molecule has 0 bridgehead atoms. The Balaban J connectivity index is 0.000000677. The van der Waals surface area contributed by atoms with Crippen molar-refractivity contribution in [3.63, 3.8) is 0 Å². The first-order valence-electron chi connectivity index (χ1n) is 7.03. The first-order chi connectivity index (χ1) is 10.2. The molecular weight excluding hydrogens is 485 g/mol.